The molecule has 0 saturated heterocycles. The number of rotatable bonds is 3. The minimum absolute atomic E-state index is 0.504. The second kappa shape index (κ2) is 4.84. The van der Waals surface area contributed by atoms with E-state index < -0.39 is 5.66 Å². The summed E-state index contributed by atoms with van der Waals surface area (Å²) in [6.45, 7) is 0. The maximum absolute atomic E-state index is 6.19. The number of hydrazine groups is 1. The molecule has 1 unspecified atom stereocenters. The molecule has 6 N–H and O–H groups in total. The molecule has 1 aliphatic rings. The highest BCUT2D eigenvalue weighted by Crippen LogP contribution is 2.25. The van der Waals surface area contributed by atoms with E-state index in [-0.39, 0.29) is 0 Å². The van der Waals surface area contributed by atoms with Crippen molar-refractivity contribution in [3.8, 4) is 11.5 Å². The van der Waals surface area contributed by atoms with Crippen LogP contribution in [0.1, 0.15) is 5.56 Å². The van der Waals surface area contributed by atoms with E-state index in [0.29, 0.717) is 5.82 Å². The lowest BCUT2D eigenvalue weighted by atomic mass is 10.0. The third-order valence-corrected chi connectivity index (χ3v) is 3.01. The zero-order chi connectivity index (χ0) is 14.0. The van der Waals surface area contributed by atoms with Crippen molar-refractivity contribution in [3.05, 3.63) is 66.3 Å². The fourth-order valence-electron chi connectivity index (χ4n) is 1.99. The average molecular weight is 269 g/mol. The van der Waals surface area contributed by atoms with Gasteiger partial charge in [-0.3, -0.25) is 4.98 Å². The summed E-state index contributed by atoms with van der Waals surface area (Å²) in [5.74, 6) is 1.97. The van der Waals surface area contributed by atoms with E-state index in [0.717, 1.165) is 17.1 Å². The number of nitrogens with zero attached hydrogens (tertiary/aromatic N) is 1. The van der Waals surface area contributed by atoms with Crippen molar-refractivity contribution in [2.45, 2.75) is 5.66 Å². The molecular weight excluding hydrogens is 254 g/mol. The number of nitrogens with one attached hydrogen (secondary N) is 2. The van der Waals surface area contributed by atoms with Crippen molar-refractivity contribution in [1.82, 2.24) is 15.8 Å². The summed E-state index contributed by atoms with van der Waals surface area (Å²) < 4.78 is 5.69. The first-order chi connectivity index (χ1) is 9.66. The van der Waals surface area contributed by atoms with Crippen LogP contribution in [0.15, 0.2) is 60.7 Å². The number of benzene rings is 1. The average Bonchev–Trinajstić information content (AvgIpc) is 2.81. The van der Waals surface area contributed by atoms with Gasteiger partial charge in [0.1, 0.15) is 23.0 Å². The SMILES string of the molecule is NC1=CC(N)(c2ccc(Oc3ccncc3)cc2)NN1. The minimum Gasteiger partial charge on any atom is -0.457 e. The van der Waals surface area contributed by atoms with E-state index >= 15 is 0 Å². The van der Waals surface area contributed by atoms with Crippen molar-refractivity contribution in [2.24, 2.45) is 11.5 Å². The summed E-state index contributed by atoms with van der Waals surface area (Å²) in [6.07, 6.45) is 5.09. The highest BCUT2D eigenvalue weighted by Gasteiger charge is 2.29. The molecule has 0 fully saturated rings. The summed E-state index contributed by atoms with van der Waals surface area (Å²) in [5, 5.41) is 0. The van der Waals surface area contributed by atoms with Crippen LogP contribution in [0.2, 0.25) is 0 Å². The number of ether oxygens (including phenoxy) is 1. The second-order valence-electron chi connectivity index (χ2n) is 4.53. The largest absolute Gasteiger partial charge is 0.457 e. The molecule has 1 aromatic heterocycles. The van der Waals surface area contributed by atoms with Gasteiger partial charge in [0.25, 0.3) is 0 Å². The Balaban J connectivity index is 1.78. The molecule has 102 valence electrons. The standard InChI is InChI=1S/C14H15N5O/c15-13-9-14(16,19-18-13)10-1-3-11(4-2-10)20-12-5-7-17-8-6-12/h1-9,18-19H,15-16H2. The van der Waals surface area contributed by atoms with Gasteiger partial charge in [-0.15, -0.1) is 0 Å². The Morgan fingerprint density at radius 1 is 1.00 bits per heavy atom. The van der Waals surface area contributed by atoms with E-state index in [4.69, 9.17) is 16.2 Å². The molecule has 3 rings (SSSR count). The topological polar surface area (TPSA) is 98.2 Å². The molecule has 0 saturated carbocycles. The third kappa shape index (κ3) is 2.42. The fourth-order valence-corrected chi connectivity index (χ4v) is 1.99. The molecule has 20 heavy (non-hydrogen) atoms. The summed E-state index contributed by atoms with van der Waals surface area (Å²) in [4.78, 5) is 3.94. The zero-order valence-electron chi connectivity index (χ0n) is 10.7. The zero-order valence-corrected chi connectivity index (χ0v) is 10.7. The second-order valence-corrected chi connectivity index (χ2v) is 4.53. The van der Waals surface area contributed by atoms with E-state index in [1.807, 2.05) is 24.3 Å². The van der Waals surface area contributed by atoms with Gasteiger partial charge in [-0.05, 0) is 35.9 Å². The molecule has 6 heteroatoms. The van der Waals surface area contributed by atoms with Crippen LogP contribution in [0, 0.1) is 0 Å². The molecule has 1 aromatic carbocycles. The highest BCUT2D eigenvalue weighted by molar-refractivity contribution is 5.37. The molecule has 1 atom stereocenters. The number of aromatic nitrogens is 1. The van der Waals surface area contributed by atoms with Gasteiger partial charge in [-0.25, -0.2) is 5.43 Å². The maximum atomic E-state index is 6.19. The van der Waals surface area contributed by atoms with Gasteiger partial charge in [-0.1, -0.05) is 12.1 Å². The van der Waals surface area contributed by atoms with Crippen LogP contribution in [0.4, 0.5) is 0 Å². The number of nitrogens with two attached hydrogens (primary N) is 2. The van der Waals surface area contributed by atoms with Gasteiger partial charge in [0.15, 0.2) is 0 Å². The lowest BCUT2D eigenvalue weighted by Crippen LogP contribution is -2.49. The smallest absolute Gasteiger partial charge is 0.132 e. The van der Waals surface area contributed by atoms with Crippen molar-refractivity contribution in [3.63, 3.8) is 0 Å². The first-order valence-corrected chi connectivity index (χ1v) is 6.14. The third-order valence-electron chi connectivity index (χ3n) is 3.01. The molecule has 0 amide bonds. The summed E-state index contributed by atoms with van der Waals surface area (Å²) in [5.41, 5.74) is 17.6. The van der Waals surface area contributed by atoms with Gasteiger partial charge in [0.2, 0.25) is 0 Å². The summed E-state index contributed by atoms with van der Waals surface area (Å²) >= 11 is 0. The van der Waals surface area contributed by atoms with Gasteiger partial charge < -0.3 is 21.6 Å². The number of hydrogen-bond donors (Lipinski definition) is 4. The van der Waals surface area contributed by atoms with E-state index in [1.54, 1.807) is 30.6 Å². The molecule has 0 bridgehead atoms. The van der Waals surface area contributed by atoms with Crippen LogP contribution in [-0.2, 0) is 5.66 Å². The number of pyridine rings is 1. The lowest BCUT2D eigenvalue weighted by molar-refractivity contribution is 0.425. The predicted molar refractivity (Wildman–Crippen MR) is 75.2 cm³/mol. The molecule has 2 aromatic rings. The van der Waals surface area contributed by atoms with Crippen LogP contribution >= 0.6 is 0 Å². The first-order valence-electron chi connectivity index (χ1n) is 6.14. The van der Waals surface area contributed by atoms with Crippen molar-refractivity contribution in [2.75, 3.05) is 0 Å². The van der Waals surface area contributed by atoms with E-state index in [2.05, 4.69) is 15.8 Å². The monoisotopic (exact) mass is 269 g/mol. The normalized spacial score (nSPS) is 21.1. The first kappa shape index (κ1) is 12.5. The molecule has 2 heterocycles. The molecule has 0 spiro atoms. The van der Waals surface area contributed by atoms with Gasteiger partial charge >= 0.3 is 0 Å². The Kier molecular flexibility index (Phi) is 3.02. The van der Waals surface area contributed by atoms with Crippen LogP contribution in [0.5, 0.6) is 11.5 Å². The van der Waals surface area contributed by atoms with Crippen LogP contribution in [0.25, 0.3) is 0 Å². The molecular formula is C14H15N5O. The summed E-state index contributed by atoms with van der Waals surface area (Å²) in [7, 11) is 0. The van der Waals surface area contributed by atoms with Crippen LogP contribution in [0.3, 0.4) is 0 Å². The Bertz CT molecular complexity index is 626. The molecule has 1 aliphatic heterocycles. The Morgan fingerprint density at radius 2 is 1.65 bits per heavy atom. The lowest BCUT2D eigenvalue weighted by Gasteiger charge is -2.22. The van der Waals surface area contributed by atoms with Crippen molar-refractivity contribution >= 4 is 0 Å². The predicted octanol–water partition coefficient (Wildman–Crippen LogP) is 0.893. The van der Waals surface area contributed by atoms with Crippen LogP contribution in [-0.4, -0.2) is 4.98 Å². The van der Waals surface area contributed by atoms with Gasteiger partial charge in [-0.2, -0.15) is 0 Å². The molecule has 0 aliphatic carbocycles. The van der Waals surface area contributed by atoms with E-state index in [1.165, 1.54) is 0 Å². The molecule has 6 nitrogen and oxygen atoms in total. The minimum atomic E-state index is -0.806. The van der Waals surface area contributed by atoms with Crippen molar-refractivity contribution in [1.29, 1.82) is 0 Å². The molecule has 0 radical (unpaired) electrons. The maximum Gasteiger partial charge on any atom is 0.132 e. The van der Waals surface area contributed by atoms with Gasteiger partial charge in [0, 0.05) is 12.4 Å². The Labute approximate surface area is 116 Å². The quantitative estimate of drug-likeness (QED) is 0.660. The van der Waals surface area contributed by atoms with E-state index in [9.17, 15) is 0 Å². The Hall–Kier alpha value is -2.57. The van der Waals surface area contributed by atoms with Gasteiger partial charge in [0.05, 0.1) is 0 Å². The summed E-state index contributed by atoms with van der Waals surface area (Å²) in [6, 6.07) is 11.1. The number of hydrogen-bond acceptors (Lipinski definition) is 6. The fraction of sp³-hybridized carbons (Fsp3) is 0.0714. The van der Waals surface area contributed by atoms with Crippen molar-refractivity contribution < 1.29 is 4.74 Å². The Morgan fingerprint density at radius 3 is 2.25 bits per heavy atom. The highest BCUT2D eigenvalue weighted by atomic mass is 16.5. The van der Waals surface area contributed by atoms with Crippen LogP contribution < -0.4 is 27.1 Å².